The SMILES string of the molecule is COc1ccc(-n2sc3ccccc3c2=O)cc1C(F)(F)F. The zero-order valence-electron chi connectivity index (χ0n) is 11.3. The van der Waals surface area contributed by atoms with Crippen molar-refractivity contribution in [2.24, 2.45) is 0 Å². The van der Waals surface area contributed by atoms with E-state index in [0.29, 0.717) is 5.39 Å². The summed E-state index contributed by atoms with van der Waals surface area (Å²) in [6.07, 6.45) is -4.55. The van der Waals surface area contributed by atoms with Gasteiger partial charge >= 0.3 is 6.18 Å². The maximum Gasteiger partial charge on any atom is 0.420 e. The topological polar surface area (TPSA) is 31.2 Å². The van der Waals surface area contributed by atoms with Gasteiger partial charge in [-0.2, -0.15) is 13.2 Å². The molecule has 0 saturated heterocycles. The third-order valence-electron chi connectivity index (χ3n) is 3.21. The third-order valence-corrected chi connectivity index (χ3v) is 4.33. The minimum atomic E-state index is -4.55. The summed E-state index contributed by atoms with van der Waals surface area (Å²) in [5.74, 6) is -0.273. The normalized spacial score (nSPS) is 11.8. The summed E-state index contributed by atoms with van der Waals surface area (Å²) in [7, 11) is 1.18. The van der Waals surface area contributed by atoms with Gasteiger partial charge in [0, 0.05) is 0 Å². The Bertz CT molecular complexity index is 896. The highest BCUT2D eigenvalue weighted by Gasteiger charge is 2.34. The van der Waals surface area contributed by atoms with Crippen molar-refractivity contribution in [3.63, 3.8) is 0 Å². The Balaban J connectivity index is 2.23. The Labute approximate surface area is 127 Å². The van der Waals surface area contributed by atoms with Gasteiger partial charge in [-0.15, -0.1) is 0 Å². The van der Waals surface area contributed by atoms with E-state index < -0.39 is 11.7 Å². The van der Waals surface area contributed by atoms with Gasteiger partial charge in [-0.3, -0.25) is 4.79 Å². The zero-order chi connectivity index (χ0) is 15.9. The molecule has 0 saturated carbocycles. The van der Waals surface area contributed by atoms with Crippen LogP contribution in [-0.2, 0) is 6.18 Å². The highest BCUT2D eigenvalue weighted by molar-refractivity contribution is 7.14. The lowest BCUT2D eigenvalue weighted by atomic mass is 10.1. The first-order chi connectivity index (χ1) is 10.4. The van der Waals surface area contributed by atoms with Crippen molar-refractivity contribution in [3.8, 4) is 11.4 Å². The van der Waals surface area contributed by atoms with Crippen LogP contribution in [0.3, 0.4) is 0 Å². The molecule has 3 nitrogen and oxygen atoms in total. The fraction of sp³-hybridized carbons (Fsp3) is 0.133. The number of hydrogen-bond donors (Lipinski definition) is 0. The van der Waals surface area contributed by atoms with Gasteiger partial charge in [-0.25, -0.2) is 3.96 Å². The number of ether oxygens (including phenoxy) is 1. The Morgan fingerprint density at radius 1 is 1.14 bits per heavy atom. The van der Waals surface area contributed by atoms with Gasteiger partial charge in [0.1, 0.15) is 5.75 Å². The first-order valence-corrected chi connectivity index (χ1v) is 7.06. The predicted octanol–water partition coefficient (Wildman–Crippen LogP) is 4.08. The zero-order valence-corrected chi connectivity index (χ0v) is 12.2. The Morgan fingerprint density at radius 2 is 1.86 bits per heavy atom. The van der Waals surface area contributed by atoms with E-state index in [2.05, 4.69) is 0 Å². The number of halogens is 3. The molecule has 0 radical (unpaired) electrons. The van der Waals surface area contributed by atoms with Gasteiger partial charge in [0.25, 0.3) is 5.56 Å². The lowest BCUT2D eigenvalue weighted by Gasteiger charge is -2.13. The summed E-state index contributed by atoms with van der Waals surface area (Å²) in [6.45, 7) is 0. The van der Waals surface area contributed by atoms with Crippen LogP contribution in [0.1, 0.15) is 5.56 Å². The van der Waals surface area contributed by atoms with E-state index in [1.165, 1.54) is 23.2 Å². The lowest BCUT2D eigenvalue weighted by Crippen LogP contribution is -2.13. The van der Waals surface area contributed by atoms with Gasteiger partial charge in [-0.05, 0) is 30.3 Å². The van der Waals surface area contributed by atoms with Crippen LogP contribution in [0.25, 0.3) is 15.8 Å². The van der Waals surface area contributed by atoms with E-state index in [1.54, 1.807) is 24.3 Å². The molecular weight excluding hydrogens is 315 g/mol. The van der Waals surface area contributed by atoms with E-state index in [1.807, 2.05) is 0 Å². The molecule has 0 atom stereocenters. The fourth-order valence-corrected chi connectivity index (χ4v) is 3.18. The maximum atomic E-state index is 13.1. The molecule has 0 bridgehead atoms. The van der Waals surface area contributed by atoms with Crippen LogP contribution >= 0.6 is 11.5 Å². The molecule has 2 aromatic carbocycles. The van der Waals surface area contributed by atoms with Gasteiger partial charge < -0.3 is 4.74 Å². The predicted molar refractivity (Wildman–Crippen MR) is 79.0 cm³/mol. The van der Waals surface area contributed by atoms with E-state index >= 15 is 0 Å². The van der Waals surface area contributed by atoms with Crippen LogP contribution in [0.15, 0.2) is 47.3 Å². The van der Waals surface area contributed by atoms with Gasteiger partial charge in [0.2, 0.25) is 0 Å². The van der Waals surface area contributed by atoms with Crippen LogP contribution in [0.5, 0.6) is 5.75 Å². The largest absolute Gasteiger partial charge is 0.496 e. The molecule has 0 amide bonds. The highest BCUT2D eigenvalue weighted by Crippen LogP contribution is 2.37. The van der Waals surface area contributed by atoms with Crippen molar-refractivity contribution in [1.82, 2.24) is 3.96 Å². The average molecular weight is 325 g/mol. The number of hydrogen-bond acceptors (Lipinski definition) is 3. The standard InChI is InChI=1S/C15H10F3NO2S/c1-21-12-7-6-9(8-11(12)15(16,17)18)19-14(20)10-4-2-3-5-13(10)22-19/h2-8H,1H3. The number of alkyl halides is 3. The molecule has 3 aromatic rings. The number of methoxy groups -OCH3 is 1. The molecule has 0 unspecified atom stereocenters. The molecule has 1 heterocycles. The summed E-state index contributed by atoms with van der Waals surface area (Å²) in [4.78, 5) is 12.3. The maximum absolute atomic E-state index is 13.1. The molecule has 0 spiro atoms. The number of fused-ring (bicyclic) bond motifs is 1. The Kier molecular flexibility index (Phi) is 3.44. The minimum absolute atomic E-state index is 0.166. The van der Waals surface area contributed by atoms with E-state index in [9.17, 15) is 18.0 Å². The lowest BCUT2D eigenvalue weighted by molar-refractivity contribution is -0.138. The Morgan fingerprint density at radius 3 is 2.50 bits per heavy atom. The quantitative estimate of drug-likeness (QED) is 0.711. The molecule has 22 heavy (non-hydrogen) atoms. The summed E-state index contributed by atoms with van der Waals surface area (Å²) >= 11 is 1.11. The number of rotatable bonds is 2. The molecule has 0 aliphatic carbocycles. The monoisotopic (exact) mass is 325 g/mol. The molecule has 3 rings (SSSR count). The van der Waals surface area contributed by atoms with Crippen molar-refractivity contribution in [2.45, 2.75) is 6.18 Å². The first-order valence-electron chi connectivity index (χ1n) is 6.28. The minimum Gasteiger partial charge on any atom is -0.496 e. The number of benzene rings is 2. The van der Waals surface area contributed by atoms with E-state index in [4.69, 9.17) is 4.74 Å². The summed E-state index contributed by atoms with van der Waals surface area (Å²) in [6, 6.07) is 10.5. The number of nitrogens with zero attached hydrogens (tertiary/aromatic N) is 1. The van der Waals surface area contributed by atoms with Crippen LogP contribution in [0, 0.1) is 0 Å². The van der Waals surface area contributed by atoms with Gasteiger partial charge in [0.05, 0.1) is 28.4 Å². The van der Waals surface area contributed by atoms with Gasteiger partial charge in [0.15, 0.2) is 0 Å². The number of aromatic nitrogens is 1. The van der Waals surface area contributed by atoms with Crippen LogP contribution < -0.4 is 10.3 Å². The van der Waals surface area contributed by atoms with Crippen molar-refractivity contribution in [2.75, 3.05) is 7.11 Å². The van der Waals surface area contributed by atoms with Gasteiger partial charge in [-0.1, -0.05) is 23.7 Å². The second-order valence-corrected chi connectivity index (χ2v) is 5.56. The molecule has 0 aliphatic heterocycles. The highest BCUT2D eigenvalue weighted by atomic mass is 32.1. The first kappa shape index (κ1) is 14.6. The molecule has 7 heteroatoms. The fourth-order valence-electron chi connectivity index (χ4n) is 2.19. The summed E-state index contributed by atoms with van der Waals surface area (Å²) in [5.41, 5.74) is -1.07. The van der Waals surface area contributed by atoms with Crippen LogP contribution in [0.2, 0.25) is 0 Å². The molecule has 0 fully saturated rings. The second kappa shape index (κ2) is 5.17. The smallest absolute Gasteiger partial charge is 0.420 e. The summed E-state index contributed by atoms with van der Waals surface area (Å²) < 4.78 is 45.9. The van der Waals surface area contributed by atoms with Crippen molar-refractivity contribution < 1.29 is 17.9 Å². The van der Waals surface area contributed by atoms with Crippen LogP contribution in [-0.4, -0.2) is 11.1 Å². The van der Waals surface area contributed by atoms with Crippen LogP contribution in [0.4, 0.5) is 13.2 Å². The molecule has 114 valence electrons. The van der Waals surface area contributed by atoms with E-state index in [0.717, 1.165) is 22.3 Å². The summed E-state index contributed by atoms with van der Waals surface area (Å²) in [5, 5.41) is 0.483. The molecular formula is C15H10F3NO2S. The molecule has 0 N–H and O–H groups in total. The second-order valence-electron chi connectivity index (χ2n) is 4.57. The average Bonchev–Trinajstić information content (AvgIpc) is 2.83. The van der Waals surface area contributed by atoms with E-state index in [-0.39, 0.29) is 17.0 Å². The Hall–Kier alpha value is -2.28. The van der Waals surface area contributed by atoms with Crippen molar-refractivity contribution in [1.29, 1.82) is 0 Å². The van der Waals surface area contributed by atoms with Crippen molar-refractivity contribution in [3.05, 3.63) is 58.4 Å². The molecule has 0 aliphatic rings. The van der Waals surface area contributed by atoms with Crippen molar-refractivity contribution >= 4 is 21.6 Å². The third kappa shape index (κ3) is 2.37. The molecule has 1 aromatic heterocycles.